The number of carbonyl (C=O) groups is 1. The quantitative estimate of drug-likeness (QED) is 0.666. The van der Waals surface area contributed by atoms with Crippen molar-refractivity contribution in [3.8, 4) is 17.9 Å². The fourth-order valence-corrected chi connectivity index (χ4v) is 1.74. The van der Waals surface area contributed by atoms with E-state index in [4.69, 9.17) is 10.5 Å². The molecule has 2 aromatic carbocycles. The normalized spacial score (nSPS) is 9.18. The van der Waals surface area contributed by atoms with Crippen LogP contribution in [0.15, 0.2) is 60.3 Å². The van der Waals surface area contributed by atoms with Gasteiger partial charge in [0.25, 0.3) is 0 Å². The Morgan fingerprint density at radius 3 is 1.95 bits per heavy atom. The number of benzene rings is 2. The smallest absolute Gasteiger partial charge is 0.193 e. The lowest BCUT2D eigenvalue weighted by molar-refractivity contribution is 0.103. The number of phenolic OH excluding ortho intramolecular Hbond substituents is 1. The predicted octanol–water partition coefficient (Wildman–Crippen LogP) is 2.97. The molecule has 0 amide bonds. The third-order valence-corrected chi connectivity index (χ3v) is 2.90. The van der Waals surface area contributed by atoms with Crippen molar-refractivity contribution in [1.82, 2.24) is 0 Å². The number of nitrogens with zero attached hydrogens (tertiary/aromatic N) is 2. The summed E-state index contributed by atoms with van der Waals surface area (Å²) in [4.78, 5) is 12.2. The van der Waals surface area contributed by atoms with Crippen LogP contribution in [0.5, 0.6) is 5.75 Å². The van der Waals surface area contributed by atoms with E-state index < -0.39 is 0 Å². The first-order valence-corrected chi connectivity index (χ1v) is 6.35. The Bertz CT molecular complexity index is 776. The molecule has 0 spiro atoms. The number of nitrogens with one attached hydrogen (secondary N) is 1. The maximum atomic E-state index is 12.2. The van der Waals surface area contributed by atoms with Gasteiger partial charge in [0.1, 0.15) is 23.5 Å². The van der Waals surface area contributed by atoms with Gasteiger partial charge >= 0.3 is 0 Å². The van der Waals surface area contributed by atoms with Crippen LogP contribution in [0.3, 0.4) is 0 Å². The molecule has 0 bridgehead atoms. The number of ketones is 1. The van der Waals surface area contributed by atoms with Gasteiger partial charge < -0.3 is 10.4 Å². The van der Waals surface area contributed by atoms with E-state index in [1.165, 1.54) is 18.3 Å². The first-order valence-electron chi connectivity index (χ1n) is 6.35. The van der Waals surface area contributed by atoms with Gasteiger partial charge in [-0.15, -0.1) is 0 Å². The molecule has 0 heterocycles. The summed E-state index contributed by atoms with van der Waals surface area (Å²) in [7, 11) is 0. The minimum absolute atomic E-state index is 0.0377. The first kappa shape index (κ1) is 14.8. The Hall–Kier alpha value is -3.57. The molecule has 0 saturated heterocycles. The minimum atomic E-state index is -0.156. The number of anilines is 1. The molecular formula is C17H11N3O2. The molecule has 2 N–H and O–H groups in total. The molecule has 0 aromatic heterocycles. The van der Waals surface area contributed by atoms with Crippen LogP contribution in [0.2, 0.25) is 0 Å². The van der Waals surface area contributed by atoms with Crippen molar-refractivity contribution in [2.45, 2.75) is 0 Å². The molecule has 0 aliphatic heterocycles. The monoisotopic (exact) mass is 289 g/mol. The molecule has 0 atom stereocenters. The summed E-state index contributed by atoms with van der Waals surface area (Å²) >= 11 is 0. The molecule has 2 rings (SSSR count). The minimum Gasteiger partial charge on any atom is -0.508 e. The Balaban J connectivity index is 2.14. The zero-order valence-electron chi connectivity index (χ0n) is 11.4. The van der Waals surface area contributed by atoms with Gasteiger partial charge in [-0.3, -0.25) is 4.79 Å². The van der Waals surface area contributed by atoms with E-state index in [-0.39, 0.29) is 17.1 Å². The number of phenols is 1. The summed E-state index contributed by atoms with van der Waals surface area (Å²) in [6.45, 7) is 0. The van der Waals surface area contributed by atoms with Crippen molar-refractivity contribution in [2.75, 3.05) is 5.32 Å². The second-order valence-corrected chi connectivity index (χ2v) is 4.38. The van der Waals surface area contributed by atoms with Crippen molar-refractivity contribution >= 4 is 11.5 Å². The summed E-state index contributed by atoms with van der Waals surface area (Å²) in [6.07, 6.45) is 1.30. The molecule has 106 valence electrons. The number of carbonyl (C=O) groups excluding carboxylic acids is 1. The lowest BCUT2D eigenvalue weighted by Gasteiger charge is -2.04. The summed E-state index contributed by atoms with van der Waals surface area (Å²) in [5.74, 6) is -0.0505. The van der Waals surface area contributed by atoms with Gasteiger partial charge in [-0.1, -0.05) is 0 Å². The van der Waals surface area contributed by atoms with Crippen molar-refractivity contribution in [2.24, 2.45) is 0 Å². The molecule has 5 nitrogen and oxygen atoms in total. The maximum Gasteiger partial charge on any atom is 0.193 e. The Kier molecular flexibility index (Phi) is 4.54. The summed E-state index contributed by atoms with van der Waals surface area (Å²) in [5.41, 5.74) is 1.60. The van der Waals surface area contributed by atoms with Gasteiger partial charge in [0.2, 0.25) is 0 Å². The Labute approximate surface area is 127 Å². The third-order valence-electron chi connectivity index (χ3n) is 2.90. The molecule has 22 heavy (non-hydrogen) atoms. The highest BCUT2D eigenvalue weighted by atomic mass is 16.3. The van der Waals surface area contributed by atoms with E-state index in [1.54, 1.807) is 48.5 Å². The van der Waals surface area contributed by atoms with Crippen LogP contribution < -0.4 is 5.32 Å². The molecule has 0 aliphatic carbocycles. The molecule has 2 aromatic rings. The molecule has 0 unspecified atom stereocenters. The van der Waals surface area contributed by atoms with Crippen LogP contribution in [-0.2, 0) is 0 Å². The zero-order valence-corrected chi connectivity index (χ0v) is 11.4. The summed E-state index contributed by atoms with van der Waals surface area (Å²) in [6, 6.07) is 16.1. The van der Waals surface area contributed by atoms with E-state index in [1.807, 2.05) is 0 Å². The van der Waals surface area contributed by atoms with E-state index in [9.17, 15) is 9.90 Å². The average molecular weight is 289 g/mol. The van der Waals surface area contributed by atoms with Gasteiger partial charge in [0.15, 0.2) is 5.78 Å². The lowest BCUT2D eigenvalue weighted by atomic mass is 10.0. The molecule has 0 saturated carbocycles. The van der Waals surface area contributed by atoms with Crippen LogP contribution in [0, 0.1) is 22.7 Å². The van der Waals surface area contributed by atoms with Crippen molar-refractivity contribution in [3.63, 3.8) is 0 Å². The fraction of sp³-hybridized carbons (Fsp3) is 0. The number of allylic oxidation sites excluding steroid dienone is 1. The standard InChI is InChI=1S/C17H11N3O2/c18-9-12(10-19)11-20-15-5-1-13(2-6-15)17(22)14-3-7-16(21)8-4-14/h1-8,11,20-21H. The van der Waals surface area contributed by atoms with Gasteiger partial charge in [0.05, 0.1) is 0 Å². The molecule has 0 fully saturated rings. The van der Waals surface area contributed by atoms with E-state index >= 15 is 0 Å². The number of nitriles is 2. The topological polar surface area (TPSA) is 96.9 Å². The highest BCUT2D eigenvalue weighted by Gasteiger charge is 2.08. The average Bonchev–Trinajstić information content (AvgIpc) is 2.56. The maximum absolute atomic E-state index is 12.2. The SMILES string of the molecule is N#CC(C#N)=CNc1ccc(C(=O)c2ccc(O)cc2)cc1. The molecule has 5 heteroatoms. The van der Waals surface area contributed by atoms with Crippen LogP contribution in [-0.4, -0.2) is 10.9 Å². The first-order chi connectivity index (χ1) is 10.6. The van der Waals surface area contributed by atoms with Crippen LogP contribution in [0.25, 0.3) is 0 Å². The van der Waals surface area contributed by atoms with Crippen molar-refractivity contribution < 1.29 is 9.90 Å². The van der Waals surface area contributed by atoms with Crippen LogP contribution in [0.4, 0.5) is 5.69 Å². The zero-order chi connectivity index (χ0) is 15.9. The highest BCUT2D eigenvalue weighted by Crippen LogP contribution is 2.16. The Morgan fingerprint density at radius 2 is 1.45 bits per heavy atom. The molecule has 0 radical (unpaired) electrons. The number of hydrogen-bond acceptors (Lipinski definition) is 5. The fourth-order valence-electron chi connectivity index (χ4n) is 1.74. The number of rotatable bonds is 4. The molecule has 0 aliphatic rings. The van der Waals surface area contributed by atoms with E-state index in [0.29, 0.717) is 16.8 Å². The van der Waals surface area contributed by atoms with Crippen LogP contribution in [0.1, 0.15) is 15.9 Å². The highest BCUT2D eigenvalue weighted by molar-refractivity contribution is 6.09. The predicted molar refractivity (Wildman–Crippen MR) is 80.9 cm³/mol. The largest absolute Gasteiger partial charge is 0.508 e. The van der Waals surface area contributed by atoms with Gasteiger partial charge in [-0.2, -0.15) is 10.5 Å². The van der Waals surface area contributed by atoms with E-state index in [0.717, 1.165) is 0 Å². The Morgan fingerprint density at radius 1 is 0.955 bits per heavy atom. The number of hydrogen-bond donors (Lipinski definition) is 2. The second-order valence-electron chi connectivity index (χ2n) is 4.38. The lowest BCUT2D eigenvalue weighted by Crippen LogP contribution is -2.01. The number of aromatic hydroxyl groups is 1. The summed E-state index contributed by atoms with van der Waals surface area (Å²) in [5, 5.41) is 29.3. The van der Waals surface area contributed by atoms with Crippen LogP contribution >= 0.6 is 0 Å². The van der Waals surface area contributed by atoms with E-state index in [2.05, 4.69) is 5.32 Å². The van der Waals surface area contributed by atoms with Gasteiger partial charge in [0, 0.05) is 23.0 Å². The van der Waals surface area contributed by atoms with Crippen molar-refractivity contribution in [1.29, 1.82) is 10.5 Å². The second kappa shape index (κ2) is 6.74. The van der Waals surface area contributed by atoms with Crippen molar-refractivity contribution in [3.05, 3.63) is 71.4 Å². The molecular weight excluding hydrogens is 278 g/mol. The third kappa shape index (κ3) is 3.50. The van der Waals surface area contributed by atoms with Gasteiger partial charge in [-0.25, -0.2) is 0 Å². The summed E-state index contributed by atoms with van der Waals surface area (Å²) < 4.78 is 0. The van der Waals surface area contributed by atoms with Gasteiger partial charge in [-0.05, 0) is 48.5 Å².